The van der Waals surface area contributed by atoms with Crippen LogP contribution in [0.15, 0.2) is 12.3 Å². The normalized spacial score (nSPS) is 15.3. The molecule has 2 rings (SSSR count). The van der Waals surface area contributed by atoms with Crippen molar-refractivity contribution < 1.29 is 22.7 Å². The Bertz CT molecular complexity index is 470. The minimum Gasteiger partial charge on any atom is -0.487 e. The van der Waals surface area contributed by atoms with Gasteiger partial charge in [-0.25, -0.2) is 4.98 Å². The summed E-state index contributed by atoms with van der Waals surface area (Å²) in [4.78, 5) is 15.2. The number of halogens is 3. The number of carbonyl (C=O) groups is 1. The van der Waals surface area contributed by atoms with Crippen LogP contribution < -0.4 is 10.1 Å². The fourth-order valence-corrected chi connectivity index (χ4v) is 1.42. The van der Waals surface area contributed by atoms with Gasteiger partial charge in [-0.2, -0.15) is 13.2 Å². The van der Waals surface area contributed by atoms with Crippen LogP contribution in [0, 0.1) is 0 Å². The molecular formula is C11H11F3N2O2. The molecule has 0 bridgehead atoms. The van der Waals surface area contributed by atoms with Gasteiger partial charge in [-0.05, 0) is 18.9 Å². The second-order valence-corrected chi connectivity index (χ2v) is 3.93. The Morgan fingerprint density at radius 1 is 1.50 bits per heavy atom. The zero-order valence-corrected chi connectivity index (χ0v) is 9.54. The second kappa shape index (κ2) is 4.47. The quantitative estimate of drug-likeness (QED) is 0.904. The van der Waals surface area contributed by atoms with Gasteiger partial charge in [-0.15, -0.1) is 0 Å². The van der Waals surface area contributed by atoms with Gasteiger partial charge in [-0.1, -0.05) is 0 Å². The van der Waals surface area contributed by atoms with E-state index in [-0.39, 0.29) is 11.8 Å². The molecule has 1 heterocycles. The van der Waals surface area contributed by atoms with E-state index in [1.807, 2.05) is 0 Å². The Hall–Kier alpha value is -1.79. The molecular weight excluding hydrogens is 249 g/mol. The molecule has 18 heavy (non-hydrogen) atoms. The third kappa shape index (κ3) is 2.55. The fourth-order valence-electron chi connectivity index (χ4n) is 1.42. The minimum atomic E-state index is -4.57. The van der Waals surface area contributed by atoms with Crippen LogP contribution in [0.25, 0.3) is 0 Å². The molecule has 1 saturated carbocycles. The summed E-state index contributed by atoms with van der Waals surface area (Å²) in [6.07, 6.45) is -2.49. The summed E-state index contributed by atoms with van der Waals surface area (Å²) in [6.45, 7) is 0. The highest BCUT2D eigenvalue weighted by molar-refractivity contribution is 5.95. The van der Waals surface area contributed by atoms with Crippen LogP contribution in [0.5, 0.6) is 5.75 Å². The van der Waals surface area contributed by atoms with E-state index in [2.05, 4.69) is 10.3 Å². The lowest BCUT2D eigenvalue weighted by Crippen LogP contribution is -2.22. The van der Waals surface area contributed by atoms with Gasteiger partial charge in [0.1, 0.15) is 5.56 Å². The van der Waals surface area contributed by atoms with Gasteiger partial charge in [0.25, 0.3) is 5.91 Å². The molecule has 0 aliphatic heterocycles. The maximum absolute atomic E-state index is 12.8. The number of hydrogen-bond acceptors (Lipinski definition) is 3. The summed E-state index contributed by atoms with van der Waals surface area (Å²) in [7, 11) is 1.32. The molecule has 7 heteroatoms. The maximum atomic E-state index is 12.8. The van der Waals surface area contributed by atoms with Crippen LogP contribution in [-0.2, 0) is 6.18 Å². The third-order valence-electron chi connectivity index (χ3n) is 2.46. The SMILES string of the molecule is CNC(=O)c1nccc(C(F)(F)F)c1OC1CC1. The van der Waals surface area contributed by atoms with Crippen molar-refractivity contribution in [2.45, 2.75) is 25.1 Å². The Morgan fingerprint density at radius 2 is 2.17 bits per heavy atom. The predicted molar refractivity (Wildman–Crippen MR) is 56.3 cm³/mol. The molecule has 1 aromatic heterocycles. The smallest absolute Gasteiger partial charge is 0.420 e. The summed E-state index contributed by atoms with van der Waals surface area (Å²) in [5.41, 5.74) is -1.30. The van der Waals surface area contributed by atoms with Crippen LogP contribution in [0.4, 0.5) is 13.2 Å². The number of ether oxygens (including phenoxy) is 1. The highest BCUT2D eigenvalue weighted by Gasteiger charge is 2.38. The van der Waals surface area contributed by atoms with Crippen molar-refractivity contribution in [1.82, 2.24) is 10.3 Å². The van der Waals surface area contributed by atoms with Crippen molar-refractivity contribution in [3.05, 3.63) is 23.5 Å². The lowest BCUT2D eigenvalue weighted by atomic mass is 10.2. The summed E-state index contributed by atoms with van der Waals surface area (Å²) in [5, 5.41) is 2.25. The Labute approximate surface area is 101 Å². The van der Waals surface area contributed by atoms with Crippen LogP contribution in [-0.4, -0.2) is 24.0 Å². The molecule has 0 saturated heterocycles. The molecule has 0 radical (unpaired) electrons. The number of aromatic nitrogens is 1. The number of nitrogens with one attached hydrogen (secondary N) is 1. The van der Waals surface area contributed by atoms with Crippen LogP contribution >= 0.6 is 0 Å². The molecule has 1 aliphatic rings. The first-order valence-corrected chi connectivity index (χ1v) is 5.38. The Kier molecular flexibility index (Phi) is 3.14. The van der Waals surface area contributed by atoms with E-state index >= 15 is 0 Å². The largest absolute Gasteiger partial charge is 0.487 e. The highest BCUT2D eigenvalue weighted by Crippen LogP contribution is 2.40. The van der Waals surface area contributed by atoms with Crippen molar-refractivity contribution in [3.63, 3.8) is 0 Å². The first-order valence-electron chi connectivity index (χ1n) is 5.38. The monoisotopic (exact) mass is 260 g/mol. The third-order valence-corrected chi connectivity index (χ3v) is 2.46. The molecule has 0 aromatic carbocycles. The number of nitrogens with zero attached hydrogens (tertiary/aromatic N) is 1. The molecule has 1 aliphatic carbocycles. The molecule has 1 amide bonds. The summed E-state index contributed by atoms with van der Waals surface area (Å²) in [6, 6.07) is 0.810. The molecule has 0 atom stereocenters. The Balaban J connectivity index is 2.48. The number of amides is 1. The van der Waals surface area contributed by atoms with Gasteiger partial charge >= 0.3 is 6.18 Å². The molecule has 1 aromatic rings. The zero-order chi connectivity index (χ0) is 13.3. The van der Waals surface area contributed by atoms with Crippen molar-refractivity contribution in [2.24, 2.45) is 0 Å². The van der Waals surface area contributed by atoms with Crippen LogP contribution in [0.2, 0.25) is 0 Å². The fraction of sp³-hybridized carbons (Fsp3) is 0.455. The first-order chi connectivity index (χ1) is 8.43. The van der Waals surface area contributed by atoms with E-state index < -0.39 is 23.4 Å². The maximum Gasteiger partial charge on any atom is 0.420 e. The molecule has 1 N–H and O–H groups in total. The number of carbonyl (C=O) groups excluding carboxylic acids is 1. The van der Waals surface area contributed by atoms with Crippen LogP contribution in [0.1, 0.15) is 28.9 Å². The second-order valence-electron chi connectivity index (χ2n) is 3.93. The first kappa shape index (κ1) is 12.7. The highest BCUT2D eigenvalue weighted by atomic mass is 19.4. The van der Waals surface area contributed by atoms with Crippen molar-refractivity contribution in [1.29, 1.82) is 0 Å². The van der Waals surface area contributed by atoms with Gasteiger partial charge in [0.2, 0.25) is 0 Å². The van der Waals surface area contributed by atoms with E-state index in [1.165, 1.54) is 7.05 Å². The molecule has 98 valence electrons. The molecule has 0 spiro atoms. The lowest BCUT2D eigenvalue weighted by Gasteiger charge is -2.15. The van der Waals surface area contributed by atoms with Crippen LogP contribution in [0.3, 0.4) is 0 Å². The predicted octanol–water partition coefficient (Wildman–Crippen LogP) is 2.00. The van der Waals surface area contributed by atoms with Crippen molar-refractivity contribution in [2.75, 3.05) is 7.05 Å². The lowest BCUT2D eigenvalue weighted by molar-refractivity contribution is -0.139. The van der Waals surface area contributed by atoms with Crippen molar-refractivity contribution >= 4 is 5.91 Å². The number of alkyl halides is 3. The number of hydrogen-bond donors (Lipinski definition) is 1. The number of pyridine rings is 1. The average Bonchev–Trinajstić information content (AvgIpc) is 3.11. The average molecular weight is 260 g/mol. The summed E-state index contributed by atoms with van der Waals surface area (Å²) >= 11 is 0. The molecule has 4 nitrogen and oxygen atoms in total. The van der Waals surface area contributed by atoms with Gasteiger partial charge in [0, 0.05) is 13.2 Å². The van der Waals surface area contributed by atoms with Gasteiger partial charge in [0.05, 0.1) is 6.10 Å². The zero-order valence-electron chi connectivity index (χ0n) is 9.54. The van der Waals surface area contributed by atoms with E-state index in [1.54, 1.807) is 0 Å². The van der Waals surface area contributed by atoms with E-state index in [0.29, 0.717) is 12.8 Å². The van der Waals surface area contributed by atoms with E-state index in [4.69, 9.17) is 4.74 Å². The molecule has 1 fully saturated rings. The summed E-state index contributed by atoms with van der Waals surface area (Å²) < 4.78 is 43.7. The van der Waals surface area contributed by atoms with Gasteiger partial charge < -0.3 is 10.1 Å². The van der Waals surface area contributed by atoms with Gasteiger partial charge in [0.15, 0.2) is 11.4 Å². The molecule has 0 unspecified atom stereocenters. The van der Waals surface area contributed by atoms with Crippen molar-refractivity contribution in [3.8, 4) is 5.75 Å². The summed E-state index contributed by atoms with van der Waals surface area (Å²) in [5.74, 6) is -1.18. The standard InChI is InChI=1S/C11H11F3N2O2/c1-15-10(17)8-9(18-6-2-3-6)7(4-5-16-8)11(12,13)14/h4-6H,2-3H2,1H3,(H,15,17). The number of rotatable bonds is 3. The van der Waals surface area contributed by atoms with E-state index in [0.717, 1.165) is 12.3 Å². The Morgan fingerprint density at radius 3 is 2.67 bits per heavy atom. The van der Waals surface area contributed by atoms with E-state index in [9.17, 15) is 18.0 Å². The minimum absolute atomic E-state index is 0.251. The topological polar surface area (TPSA) is 51.2 Å². The van der Waals surface area contributed by atoms with Gasteiger partial charge in [-0.3, -0.25) is 4.79 Å².